The van der Waals surface area contributed by atoms with Gasteiger partial charge in [0.15, 0.2) is 0 Å². The molecule has 1 fully saturated rings. The highest BCUT2D eigenvalue weighted by atomic mass is 16.5. The molecule has 1 aliphatic heterocycles. The molecule has 2 atom stereocenters. The molecule has 1 saturated heterocycles. The molecule has 0 bridgehead atoms. The van der Waals surface area contributed by atoms with Crippen LogP contribution in [0, 0.1) is 5.92 Å². The normalized spacial score (nSPS) is 17.8. The van der Waals surface area contributed by atoms with Gasteiger partial charge in [-0.15, -0.1) is 0 Å². The van der Waals surface area contributed by atoms with E-state index in [1.54, 1.807) is 7.11 Å². The van der Waals surface area contributed by atoms with Crippen molar-refractivity contribution in [1.82, 2.24) is 5.32 Å². The molecular weight excluding hydrogens is 348 g/mol. The van der Waals surface area contributed by atoms with E-state index < -0.39 is 0 Å². The Hall–Kier alpha value is -2.49. The van der Waals surface area contributed by atoms with Crippen molar-refractivity contribution in [1.29, 1.82) is 0 Å². The number of amides is 1. The monoisotopic (exact) mass is 380 g/mol. The summed E-state index contributed by atoms with van der Waals surface area (Å²) in [6, 6.07) is 16.6. The van der Waals surface area contributed by atoms with Gasteiger partial charge < -0.3 is 15.0 Å². The molecule has 0 aromatic heterocycles. The Morgan fingerprint density at radius 2 is 1.89 bits per heavy atom. The minimum atomic E-state index is 0.0118. The minimum absolute atomic E-state index is 0.0118. The van der Waals surface area contributed by atoms with Crippen LogP contribution >= 0.6 is 0 Å². The zero-order chi connectivity index (χ0) is 19.9. The van der Waals surface area contributed by atoms with E-state index in [1.165, 1.54) is 18.5 Å². The number of carbonyl (C=O) groups is 1. The van der Waals surface area contributed by atoms with Crippen molar-refractivity contribution in [3.63, 3.8) is 0 Å². The van der Waals surface area contributed by atoms with Crippen molar-refractivity contribution in [2.45, 2.75) is 45.6 Å². The third kappa shape index (κ3) is 5.51. The van der Waals surface area contributed by atoms with E-state index >= 15 is 0 Å². The lowest BCUT2D eigenvalue weighted by molar-refractivity contribution is -0.121. The zero-order valence-electron chi connectivity index (χ0n) is 17.3. The van der Waals surface area contributed by atoms with Gasteiger partial charge in [0.2, 0.25) is 5.91 Å². The summed E-state index contributed by atoms with van der Waals surface area (Å²) in [4.78, 5) is 14.8. The van der Waals surface area contributed by atoms with Gasteiger partial charge >= 0.3 is 0 Å². The number of nitrogens with zero attached hydrogens (tertiary/aromatic N) is 1. The number of ether oxygens (including phenoxy) is 1. The molecule has 2 aromatic rings. The van der Waals surface area contributed by atoms with Gasteiger partial charge in [0.1, 0.15) is 5.75 Å². The third-order valence-electron chi connectivity index (χ3n) is 5.59. The minimum Gasteiger partial charge on any atom is -0.497 e. The molecule has 0 radical (unpaired) electrons. The molecule has 1 amide bonds. The first-order chi connectivity index (χ1) is 13.5. The molecule has 0 saturated carbocycles. The fourth-order valence-corrected chi connectivity index (χ4v) is 3.84. The topological polar surface area (TPSA) is 41.6 Å². The van der Waals surface area contributed by atoms with Gasteiger partial charge in [-0.05, 0) is 67.5 Å². The number of methoxy groups -OCH3 is 1. The van der Waals surface area contributed by atoms with Gasteiger partial charge in [-0.3, -0.25) is 4.79 Å². The van der Waals surface area contributed by atoms with E-state index in [0.717, 1.165) is 42.3 Å². The predicted octanol–water partition coefficient (Wildman–Crippen LogP) is 4.74. The van der Waals surface area contributed by atoms with Crippen LogP contribution in [0.5, 0.6) is 5.75 Å². The lowest BCUT2D eigenvalue weighted by Gasteiger charge is -2.33. The molecular formula is C24H32N2O2. The number of anilines is 1. The number of rotatable bonds is 7. The van der Waals surface area contributed by atoms with Gasteiger partial charge in [0, 0.05) is 25.2 Å². The first kappa shape index (κ1) is 20.2. The molecule has 0 aliphatic carbocycles. The van der Waals surface area contributed by atoms with Crippen LogP contribution in [-0.4, -0.2) is 26.1 Å². The highest BCUT2D eigenvalue weighted by Gasteiger charge is 2.17. The van der Waals surface area contributed by atoms with Gasteiger partial charge in [0.05, 0.1) is 13.2 Å². The molecule has 150 valence electrons. The maximum Gasteiger partial charge on any atom is 0.220 e. The van der Waals surface area contributed by atoms with Crippen LogP contribution in [0.1, 0.15) is 50.3 Å². The average Bonchev–Trinajstić information content (AvgIpc) is 2.72. The second-order valence-electron chi connectivity index (χ2n) is 7.92. The van der Waals surface area contributed by atoms with Gasteiger partial charge in [-0.2, -0.15) is 0 Å². The van der Waals surface area contributed by atoms with E-state index in [4.69, 9.17) is 4.74 Å². The van der Waals surface area contributed by atoms with Crippen molar-refractivity contribution in [3.8, 4) is 5.75 Å². The van der Waals surface area contributed by atoms with Gasteiger partial charge in [-0.25, -0.2) is 0 Å². The Kier molecular flexibility index (Phi) is 6.96. The fraction of sp³-hybridized carbons (Fsp3) is 0.458. The second kappa shape index (κ2) is 9.63. The van der Waals surface area contributed by atoms with Crippen LogP contribution in [0.4, 0.5) is 5.69 Å². The highest BCUT2D eigenvalue weighted by molar-refractivity contribution is 5.76. The molecule has 4 nitrogen and oxygen atoms in total. The molecule has 3 rings (SSSR count). The molecule has 0 spiro atoms. The number of nitrogens with one attached hydrogen (secondary N) is 1. The van der Waals surface area contributed by atoms with Crippen molar-refractivity contribution < 1.29 is 9.53 Å². The van der Waals surface area contributed by atoms with Crippen molar-refractivity contribution in [2.24, 2.45) is 5.92 Å². The molecule has 1 heterocycles. The summed E-state index contributed by atoms with van der Waals surface area (Å²) in [5.41, 5.74) is 3.57. The van der Waals surface area contributed by atoms with Crippen molar-refractivity contribution in [3.05, 3.63) is 59.7 Å². The average molecular weight is 381 g/mol. The lowest BCUT2D eigenvalue weighted by atomic mass is 9.99. The first-order valence-corrected chi connectivity index (χ1v) is 10.3. The number of piperidine rings is 1. The van der Waals surface area contributed by atoms with Crippen molar-refractivity contribution in [2.75, 3.05) is 25.1 Å². The summed E-state index contributed by atoms with van der Waals surface area (Å²) >= 11 is 0. The van der Waals surface area contributed by atoms with E-state index in [1.807, 2.05) is 31.2 Å². The summed E-state index contributed by atoms with van der Waals surface area (Å²) in [6.07, 6.45) is 3.81. The zero-order valence-corrected chi connectivity index (χ0v) is 17.3. The smallest absolute Gasteiger partial charge is 0.220 e. The summed E-state index contributed by atoms with van der Waals surface area (Å²) < 4.78 is 5.17. The Bertz CT molecular complexity index is 755. The largest absolute Gasteiger partial charge is 0.497 e. The molecule has 2 aromatic carbocycles. The molecule has 4 heteroatoms. The van der Waals surface area contributed by atoms with E-state index in [-0.39, 0.29) is 11.9 Å². The summed E-state index contributed by atoms with van der Waals surface area (Å²) in [5.74, 6) is 1.68. The highest BCUT2D eigenvalue weighted by Crippen LogP contribution is 2.24. The number of hydrogen-bond acceptors (Lipinski definition) is 3. The van der Waals surface area contributed by atoms with Crippen molar-refractivity contribution >= 4 is 11.6 Å². The second-order valence-corrected chi connectivity index (χ2v) is 7.92. The fourth-order valence-electron chi connectivity index (χ4n) is 3.84. The van der Waals surface area contributed by atoms with E-state index in [9.17, 15) is 4.79 Å². The number of aryl methyl sites for hydroxylation is 1. The number of carbonyl (C=O) groups excluding carboxylic acids is 1. The van der Waals surface area contributed by atoms with Crippen LogP contribution in [0.15, 0.2) is 48.5 Å². The molecule has 1 N–H and O–H groups in total. The van der Waals surface area contributed by atoms with Crippen LogP contribution < -0.4 is 15.0 Å². The first-order valence-electron chi connectivity index (χ1n) is 10.3. The summed E-state index contributed by atoms with van der Waals surface area (Å²) in [5, 5.41) is 3.12. The van der Waals surface area contributed by atoms with Crippen LogP contribution in [-0.2, 0) is 11.2 Å². The summed E-state index contributed by atoms with van der Waals surface area (Å²) in [7, 11) is 1.66. The van der Waals surface area contributed by atoms with Gasteiger partial charge in [-0.1, -0.05) is 31.2 Å². The van der Waals surface area contributed by atoms with Gasteiger partial charge in [0.25, 0.3) is 0 Å². The quantitative estimate of drug-likeness (QED) is 0.754. The maximum absolute atomic E-state index is 12.3. The maximum atomic E-state index is 12.3. The summed E-state index contributed by atoms with van der Waals surface area (Å²) in [6.45, 7) is 6.64. The van der Waals surface area contributed by atoms with E-state index in [0.29, 0.717) is 6.42 Å². The Labute approximate surface area is 168 Å². The van der Waals surface area contributed by atoms with Crippen LogP contribution in [0.3, 0.4) is 0 Å². The lowest BCUT2D eigenvalue weighted by Crippen LogP contribution is -2.34. The molecule has 1 aliphatic rings. The van der Waals surface area contributed by atoms with Crippen LogP contribution in [0.25, 0.3) is 0 Å². The Balaban J connectivity index is 1.49. The van der Waals surface area contributed by atoms with E-state index in [2.05, 4.69) is 41.4 Å². The SMILES string of the molecule is COc1ccc(CCC(=O)N[C@@H](C)c2ccc(N3CCC[C@H](C)C3)cc2)cc1. The predicted molar refractivity (Wildman–Crippen MR) is 115 cm³/mol. The molecule has 28 heavy (non-hydrogen) atoms. The standard InChI is InChI=1S/C24H32N2O2/c1-18-5-4-16-26(17-18)22-11-9-21(10-12-22)19(2)25-24(27)15-8-20-6-13-23(28-3)14-7-20/h6-7,9-14,18-19H,4-5,8,15-17H2,1-3H3,(H,25,27)/t18-,19-/m0/s1. The Morgan fingerprint density at radius 1 is 1.18 bits per heavy atom. The molecule has 0 unspecified atom stereocenters. The number of benzene rings is 2. The van der Waals surface area contributed by atoms with Crippen LogP contribution in [0.2, 0.25) is 0 Å². The Morgan fingerprint density at radius 3 is 2.54 bits per heavy atom. The third-order valence-corrected chi connectivity index (χ3v) is 5.59. The number of hydrogen-bond donors (Lipinski definition) is 1.